The van der Waals surface area contributed by atoms with E-state index >= 15 is 0 Å². The van der Waals surface area contributed by atoms with Gasteiger partial charge in [-0.2, -0.15) is 5.10 Å². The highest BCUT2D eigenvalue weighted by molar-refractivity contribution is 5.82. The minimum Gasteiger partial charge on any atom is -0.273 e. The molecular weight excluding hydrogens is 294 g/mol. The number of amides is 1. The minimum absolute atomic E-state index is 0.0325. The molecule has 6 heteroatoms. The number of carbonyl (C=O) groups excluding carboxylic acids is 1. The van der Waals surface area contributed by atoms with Crippen LogP contribution in [-0.2, 0) is 4.79 Å². The van der Waals surface area contributed by atoms with Crippen molar-refractivity contribution in [1.82, 2.24) is 5.43 Å². The number of nitrogens with one attached hydrogen (secondary N) is 1. The Morgan fingerprint density at radius 3 is 2.35 bits per heavy atom. The molecule has 0 aliphatic carbocycles. The Labute approximate surface area is 137 Å². The molecule has 6 nitrogen and oxygen atoms in total. The maximum atomic E-state index is 11.6. The van der Waals surface area contributed by atoms with Gasteiger partial charge in [-0.15, -0.1) is 0 Å². The van der Waals surface area contributed by atoms with Crippen LogP contribution in [0.25, 0.3) is 0 Å². The second kappa shape index (κ2) is 11.3. The van der Waals surface area contributed by atoms with Gasteiger partial charge >= 0.3 is 0 Å². The standard InChI is InChI=1S/C17H25N3O3/c1-2-3-4-5-6-7-8-9-17(21)19-18-14-15-10-12-16(13-11-15)20(22)23/h10-14H,2-9H2,1H3,(H,19,21)/b18-14-. The van der Waals surface area contributed by atoms with Gasteiger partial charge < -0.3 is 0 Å². The number of unbranched alkanes of at least 4 members (excludes halogenated alkanes) is 6. The summed E-state index contributed by atoms with van der Waals surface area (Å²) in [7, 11) is 0. The molecule has 0 unspecified atom stereocenters. The number of nitrogens with zero attached hydrogens (tertiary/aromatic N) is 2. The smallest absolute Gasteiger partial charge is 0.269 e. The van der Waals surface area contributed by atoms with Gasteiger partial charge in [0.15, 0.2) is 0 Å². The van der Waals surface area contributed by atoms with Crippen LogP contribution in [0.1, 0.15) is 63.9 Å². The third kappa shape index (κ3) is 8.70. The quantitative estimate of drug-likeness (QED) is 0.287. The third-order valence-corrected chi connectivity index (χ3v) is 3.51. The number of hydrogen-bond acceptors (Lipinski definition) is 4. The van der Waals surface area contributed by atoms with Crippen LogP contribution in [0.15, 0.2) is 29.4 Å². The molecule has 0 atom stereocenters. The summed E-state index contributed by atoms with van der Waals surface area (Å²) >= 11 is 0. The Hall–Kier alpha value is -2.24. The number of nitro benzene ring substituents is 1. The number of nitro groups is 1. The highest BCUT2D eigenvalue weighted by atomic mass is 16.6. The molecule has 0 fully saturated rings. The summed E-state index contributed by atoms with van der Waals surface area (Å²) < 4.78 is 0. The lowest BCUT2D eigenvalue weighted by Gasteiger charge is -2.01. The predicted molar refractivity (Wildman–Crippen MR) is 91.4 cm³/mol. The normalized spacial score (nSPS) is 10.8. The van der Waals surface area contributed by atoms with E-state index in [2.05, 4.69) is 17.5 Å². The first-order valence-electron chi connectivity index (χ1n) is 8.20. The molecular formula is C17H25N3O3. The van der Waals surface area contributed by atoms with Crippen LogP contribution in [0.5, 0.6) is 0 Å². The first kappa shape index (κ1) is 18.8. The molecule has 0 saturated carbocycles. The lowest BCUT2D eigenvalue weighted by Crippen LogP contribution is -2.16. The molecule has 0 aromatic heterocycles. The largest absolute Gasteiger partial charge is 0.273 e. The number of hydrogen-bond donors (Lipinski definition) is 1. The van der Waals surface area contributed by atoms with Crippen molar-refractivity contribution in [3.05, 3.63) is 39.9 Å². The fraction of sp³-hybridized carbons (Fsp3) is 0.529. The summed E-state index contributed by atoms with van der Waals surface area (Å²) in [4.78, 5) is 21.7. The van der Waals surface area contributed by atoms with E-state index in [1.165, 1.54) is 50.5 Å². The number of carbonyl (C=O) groups is 1. The van der Waals surface area contributed by atoms with E-state index < -0.39 is 4.92 Å². The van der Waals surface area contributed by atoms with Crippen LogP contribution in [0.4, 0.5) is 5.69 Å². The topological polar surface area (TPSA) is 84.6 Å². The summed E-state index contributed by atoms with van der Waals surface area (Å²) in [5.41, 5.74) is 3.21. The number of benzene rings is 1. The van der Waals surface area contributed by atoms with E-state index in [1.807, 2.05) is 0 Å². The molecule has 0 saturated heterocycles. The molecule has 0 radical (unpaired) electrons. The van der Waals surface area contributed by atoms with Gasteiger partial charge in [0, 0.05) is 18.6 Å². The molecule has 0 heterocycles. The first-order chi connectivity index (χ1) is 11.1. The van der Waals surface area contributed by atoms with Gasteiger partial charge in [-0.1, -0.05) is 45.4 Å². The molecule has 1 aromatic rings. The summed E-state index contributed by atoms with van der Waals surface area (Å²) in [5, 5.41) is 14.4. The number of rotatable bonds is 11. The van der Waals surface area contributed by atoms with E-state index in [-0.39, 0.29) is 11.6 Å². The van der Waals surface area contributed by atoms with Crippen LogP contribution < -0.4 is 5.43 Å². The summed E-state index contributed by atoms with van der Waals surface area (Å²) in [6.07, 6.45) is 10.1. The summed E-state index contributed by atoms with van der Waals surface area (Å²) in [6, 6.07) is 5.98. The third-order valence-electron chi connectivity index (χ3n) is 3.51. The monoisotopic (exact) mass is 319 g/mol. The molecule has 1 rings (SSSR count). The van der Waals surface area contributed by atoms with Gasteiger partial charge in [-0.3, -0.25) is 14.9 Å². The molecule has 1 N–H and O–H groups in total. The average molecular weight is 319 g/mol. The molecule has 0 bridgehead atoms. The molecule has 0 aliphatic heterocycles. The van der Waals surface area contributed by atoms with Crippen molar-refractivity contribution >= 4 is 17.8 Å². The van der Waals surface area contributed by atoms with E-state index in [4.69, 9.17) is 0 Å². The molecule has 1 amide bonds. The Kier molecular flexibility index (Phi) is 9.28. The SMILES string of the molecule is CCCCCCCCCC(=O)N/N=C\c1ccc([N+](=O)[O-])cc1. The van der Waals surface area contributed by atoms with Gasteiger partial charge in [-0.05, 0) is 24.1 Å². The zero-order chi connectivity index (χ0) is 16.9. The highest BCUT2D eigenvalue weighted by Gasteiger charge is 2.03. The van der Waals surface area contributed by atoms with Gasteiger partial charge in [-0.25, -0.2) is 5.43 Å². The lowest BCUT2D eigenvalue weighted by molar-refractivity contribution is -0.384. The molecule has 126 valence electrons. The van der Waals surface area contributed by atoms with Crippen LogP contribution in [0, 0.1) is 10.1 Å². The van der Waals surface area contributed by atoms with E-state index in [1.54, 1.807) is 12.1 Å². The number of hydrazone groups is 1. The first-order valence-corrected chi connectivity index (χ1v) is 8.20. The van der Waals surface area contributed by atoms with Gasteiger partial charge in [0.25, 0.3) is 5.69 Å². The van der Waals surface area contributed by atoms with Crippen molar-refractivity contribution in [1.29, 1.82) is 0 Å². The fourth-order valence-corrected chi connectivity index (χ4v) is 2.16. The minimum atomic E-state index is -0.453. The second-order valence-corrected chi connectivity index (χ2v) is 5.51. The second-order valence-electron chi connectivity index (χ2n) is 5.51. The van der Waals surface area contributed by atoms with Crippen LogP contribution >= 0.6 is 0 Å². The Morgan fingerprint density at radius 1 is 1.13 bits per heavy atom. The van der Waals surface area contributed by atoms with Gasteiger partial charge in [0.1, 0.15) is 0 Å². The molecule has 23 heavy (non-hydrogen) atoms. The van der Waals surface area contributed by atoms with Crippen molar-refractivity contribution in [2.75, 3.05) is 0 Å². The number of non-ortho nitro benzene ring substituents is 1. The van der Waals surface area contributed by atoms with Crippen molar-refractivity contribution < 1.29 is 9.72 Å². The maximum absolute atomic E-state index is 11.6. The van der Waals surface area contributed by atoms with Crippen molar-refractivity contribution in [2.45, 2.75) is 58.3 Å². The van der Waals surface area contributed by atoms with E-state index in [9.17, 15) is 14.9 Å². The zero-order valence-corrected chi connectivity index (χ0v) is 13.7. The predicted octanol–water partition coefficient (Wildman–Crippen LogP) is 4.19. The Morgan fingerprint density at radius 2 is 1.74 bits per heavy atom. The Bertz CT molecular complexity index is 512. The van der Waals surface area contributed by atoms with Crippen LogP contribution in [0.2, 0.25) is 0 Å². The fourth-order valence-electron chi connectivity index (χ4n) is 2.16. The molecule has 0 spiro atoms. The Balaban J connectivity index is 2.16. The highest BCUT2D eigenvalue weighted by Crippen LogP contribution is 2.10. The zero-order valence-electron chi connectivity index (χ0n) is 13.7. The van der Waals surface area contributed by atoms with Crippen LogP contribution in [-0.4, -0.2) is 17.0 Å². The van der Waals surface area contributed by atoms with E-state index in [0.29, 0.717) is 12.0 Å². The summed E-state index contributed by atoms with van der Waals surface area (Å²) in [5.74, 6) is -0.100. The molecule has 0 aliphatic rings. The van der Waals surface area contributed by atoms with Crippen molar-refractivity contribution in [3.8, 4) is 0 Å². The van der Waals surface area contributed by atoms with E-state index in [0.717, 1.165) is 12.8 Å². The van der Waals surface area contributed by atoms with Crippen LogP contribution in [0.3, 0.4) is 0 Å². The van der Waals surface area contributed by atoms with Crippen molar-refractivity contribution in [3.63, 3.8) is 0 Å². The maximum Gasteiger partial charge on any atom is 0.269 e. The lowest BCUT2D eigenvalue weighted by atomic mass is 10.1. The van der Waals surface area contributed by atoms with Gasteiger partial charge in [0.2, 0.25) is 5.91 Å². The van der Waals surface area contributed by atoms with Gasteiger partial charge in [0.05, 0.1) is 11.1 Å². The summed E-state index contributed by atoms with van der Waals surface area (Å²) in [6.45, 7) is 2.20. The van der Waals surface area contributed by atoms with Crippen molar-refractivity contribution in [2.24, 2.45) is 5.10 Å². The average Bonchev–Trinajstić information content (AvgIpc) is 2.54. The molecule has 1 aromatic carbocycles.